The van der Waals surface area contributed by atoms with E-state index in [-0.39, 0.29) is 53.8 Å². The van der Waals surface area contributed by atoms with Crippen molar-refractivity contribution >= 4 is 40.9 Å². The summed E-state index contributed by atoms with van der Waals surface area (Å²) < 4.78 is 37.6. The second-order valence-electron chi connectivity index (χ2n) is 9.86. The van der Waals surface area contributed by atoms with Gasteiger partial charge in [-0.1, -0.05) is 5.57 Å². The number of nitrogens with zero attached hydrogens (tertiary/aromatic N) is 2. The van der Waals surface area contributed by atoms with Gasteiger partial charge in [0, 0.05) is 25.3 Å². The molecule has 0 radical (unpaired) electrons. The van der Waals surface area contributed by atoms with Crippen molar-refractivity contribution in [2.24, 2.45) is 0 Å². The van der Waals surface area contributed by atoms with E-state index in [1.54, 1.807) is 9.47 Å². The van der Waals surface area contributed by atoms with Gasteiger partial charge in [0.05, 0.1) is 24.1 Å². The van der Waals surface area contributed by atoms with Crippen LogP contribution in [0, 0.1) is 5.82 Å². The molecule has 1 saturated carbocycles. The second kappa shape index (κ2) is 11.3. The van der Waals surface area contributed by atoms with E-state index in [0.717, 1.165) is 31.9 Å². The van der Waals surface area contributed by atoms with Gasteiger partial charge in [-0.2, -0.15) is 0 Å². The number of aromatic nitrogens is 1. The van der Waals surface area contributed by atoms with Crippen molar-refractivity contribution in [3.8, 4) is 5.75 Å². The molecule has 5 rings (SSSR count). The highest BCUT2D eigenvalue weighted by molar-refractivity contribution is 5.97. The van der Waals surface area contributed by atoms with E-state index in [1.165, 1.54) is 19.4 Å². The van der Waals surface area contributed by atoms with Gasteiger partial charge in [-0.05, 0) is 57.2 Å². The number of hydrogen-bond acceptors (Lipinski definition) is 6. The van der Waals surface area contributed by atoms with Crippen molar-refractivity contribution in [3.63, 3.8) is 0 Å². The molecule has 1 unspecified atom stereocenters. The molecule has 9 nitrogen and oxygen atoms in total. The number of ether oxygens (including phenoxy) is 1. The SMILES string of the molecule is COc1c(N2CCCC(=CC(F)NC(=O)[C@@H]3CCCN3)C2)c(F)cc2c(=O)c(C(=O)O)cn(C3CC3)c12.Cl. The molecule has 1 aliphatic carbocycles. The maximum Gasteiger partial charge on any atom is 0.341 e. The number of halogens is 3. The summed E-state index contributed by atoms with van der Waals surface area (Å²) in [7, 11) is 1.38. The number of piperidine rings is 1. The first kappa shape index (κ1) is 27.8. The number of hydrogen-bond donors (Lipinski definition) is 3. The van der Waals surface area contributed by atoms with Crippen molar-refractivity contribution in [1.82, 2.24) is 15.2 Å². The second-order valence-corrected chi connectivity index (χ2v) is 9.86. The molecule has 2 aliphatic heterocycles. The molecular formula is C26H31ClF2N4O5. The van der Waals surface area contributed by atoms with Crippen molar-refractivity contribution < 1.29 is 28.2 Å². The summed E-state index contributed by atoms with van der Waals surface area (Å²) in [6.07, 6.45) is 5.40. The van der Waals surface area contributed by atoms with E-state index in [4.69, 9.17) is 4.74 Å². The zero-order chi connectivity index (χ0) is 26.3. The molecular weight excluding hydrogens is 522 g/mol. The molecule has 2 aromatic rings. The average molecular weight is 553 g/mol. The van der Waals surface area contributed by atoms with Crippen LogP contribution in [-0.2, 0) is 4.79 Å². The van der Waals surface area contributed by atoms with Gasteiger partial charge in [0.2, 0.25) is 11.3 Å². The Kier molecular flexibility index (Phi) is 8.27. The van der Waals surface area contributed by atoms with Crippen LogP contribution in [0.3, 0.4) is 0 Å². The minimum Gasteiger partial charge on any atom is -0.492 e. The van der Waals surface area contributed by atoms with Gasteiger partial charge in [0.15, 0.2) is 17.9 Å². The Hall–Kier alpha value is -3.18. The molecule has 3 fully saturated rings. The lowest BCUT2D eigenvalue weighted by molar-refractivity contribution is -0.124. The third-order valence-electron chi connectivity index (χ3n) is 7.25. The van der Waals surface area contributed by atoms with E-state index < -0.39 is 29.1 Å². The zero-order valence-corrected chi connectivity index (χ0v) is 21.8. The number of fused-ring (bicyclic) bond motifs is 1. The van der Waals surface area contributed by atoms with Crippen LogP contribution in [0.5, 0.6) is 5.75 Å². The zero-order valence-electron chi connectivity index (χ0n) is 21.0. The smallest absolute Gasteiger partial charge is 0.341 e. The number of alkyl halides is 1. The highest BCUT2D eigenvalue weighted by Crippen LogP contribution is 2.44. The Bertz CT molecular complexity index is 1340. The summed E-state index contributed by atoms with van der Waals surface area (Å²) in [4.78, 5) is 38.6. The molecule has 38 heavy (non-hydrogen) atoms. The lowest BCUT2D eigenvalue weighted by Crippen LogP contribution is -2.43. The standard InChI is InChI=1S/C26H30F2N4O5.ClH/c1-37-24-21-16(23(33)17(26(35)36)13-32(21)15-6-7-15)11-18(27)22(24)31-9-3-4-14(12-31)10-20(28)30-25(34)19-5-2-8-29-19;/h10-11,13,15,19-20,29H,2-9,12H2,1H3,(H,30,34)(H,35,36);1H/t19-,20?;/m0./s1. The van der Waals surface area contributed by atoms with E-state index in [9.17, 15) is 23.9 Å². The van der Waals surface area contributed by atoms with Gasteiger partial charge >= 0.3 is 5.97 Å². The van der Waals surface area contributed by atoms with Gasteiger partial charge in [-0.3, -0.25) is 9.59 Å². The van der Waals surface area contributed by atoms with E-state index in [0.29, 0.717) is 36.9 Å². The van der Waals surface area contributed by atoms with Crippen molar-refractivity contribution in [2.45, 2.75) is 56.9 Å². The minimum absolute atomic E-state index is 0. The minimum atomic E-state index is -1.66. The van der Waals surface area contributed by atoms with Crippen molar-refractivity contribution in [3.05, 3.63) is 45.5 Å². The van der Waals surface area contributed by atoms with Gasteiger partial charge in [-0.25, -0.2) is 13.6 Å². The first-order valence-corrected chi connectivity index (χ1v) is 12.6. The summed E-state index contributed by atoms with van der Waals surface area (Å²) in [5, 5.41) is 14.9. The van der Waals surface area contributed by atoms with Gasteiger partial charge in [-0.15, -0.1) is 12.4 Å². The number of benzene rings is 1. The molecule has 12 heteroatoms. The summed E-state index contributed by atoms with van der Waals surface area (Å²) in [6, 6.07) is 0.683. The van der Waals surface area contributed by atoms with Crippen molar-refractivity contribution in [2.75, 3.05) is 31.6 Å². The highest BCUT2D eigenvalue weighted by Gasteiger charge is 2.32. The fraction of sp³-hybridized carbons (Fsp3) is 0.500. The number of carboxylic acid groups (broad SMARTS) is 1. The third-order valence-corrected chi connectivity index (χ3v) is 7.25. The summed E-state index contributed by atoms with van der Waals surface area (Å²) >= 11 is 0. The van der Waals surface area contributed by atoms with Crippen LogP contribution in [-0.4, -0.2) is 60.6 Å². The largest absolute Gasteiger partial charge is 0.492 e. The molecule has 3 N–H and O–H groups in total. The summed E-state index contributed by atoms with van der Waals surface area (Å²) in [5.41, 5.74) is 0.0239. The predicted molar refractivity (Wildman–Crippen MR) is 141 cm³/mol. The highest BCUT2D eigenvalue weighted by atomic mass is 35.5. The fourth-order valence-electron chi connectivity index (χ4n) is 5.34. The molecule has 2 saturated heterocycles. The number of rotatable bonds is 7. The Morgan fingerprint density at radius 2 is 2.05 bits per heavy atom. The van der Waals surface area contributed by atoms with Crippen LogP contribution >= 0.6 is 12.4 Å². The number of pyridine rings is 1. The normalized spacial score (nSPS) is 21.3. The van der Waals surface area contributed by atoms with Gasteiger partial charge in [0.25, 0.3) is 0 Å². The molecule has 3 heterocycles. The number of aromatic carboxylic acids is 1. The Balaban J connectivity index is 0.00000336. The fourth-order valence-corrected chi connectivity index (χ4v) is 5.34. The lowest BCUT2D eigenvalue weighted by Gasteiger charge is -2.33. The molecule has 1 aromatic carbocycles. The van der Waals surface area contributed by atoms with E-state index >= 15 is 4.39 Å². The van der Waals surface area contributed by atoms with Crippen LogP contribution in [0.2, 0.25) is 0 Å². The van der Waals surface area contributed by atoms with E-state index in [1.807, 2.05) is 0 Å². The number of amides is 1. The topological polar surface area (TPSA) is 113 Å². The van der Waals surface area contributed by atoms with Crippen molar-refractivity contribution in [1.29, 1.82) is 0 Å². The Morgan fingerprint density at radius 3 is 2.68 bits per heavy atom. The van der Waals surface area contributed by atoms with Crippen LogP contribution < -0.4 is 25.7 Å². The molecule has 0 spiro atoms. The number of nitrogens with one attached hydrogen (secondary N) is 2. The molecule has 2 atom stereocenters. The first-order valence-electron chi connectivity index (χ1n) is 12.6. The van der Waals surface area contributed by atoms with Crippen LogP contribution in [0.25, 0.3) is 10.9 Å². The average Bonchev–Trinajstić information content (AvgIpc) is 3.55. The molecule has 1 aromatic heterocycles. The summed E-state index contributed by atoms with van der Waals surface area (Å²) in [6.45, 7) is 1.43. The number of carbonyl (C=O) groups is 2. The number of methoxy groups -OCH3 is 1. The molecule has 206 valence electrons. The number of carbonyl (C=O) groups excluding carboxylic acids is 1. The van der Waals surface area contributed by atoms with Gasteiger partial charge < -0.3 is 29.9 Å². The first-order chi connectivity index (χ1) is 17.8. The number of carboxylic acids is 1. The third kappa shape index (κ3) is 5.35. The quantitative estimate of drug-likeness (QED) is 0.357. The van der Waals surface area contributed by atoms with Gasteiger partial charge in [0.1, 0.15) is 11.3 Å². The van der Waals surface area contributed by atoms with Crippen LogP contribution in [0.4, 0.5) is 14.5 Å². The number of anilines is 1. The monoisotopic (exact) mass is 552 g/mol. The molecule has 0 bridgehead atoms. The lowest BCUT2D eigenvalue weighted by atomic mass is 10.0. The van der Waals surface area contributed by atoms with E-state index in [2.05, 4.69) is 10.6 Å². The maximum absolute atomic E-state index is 15.6. The predicted octanol–water partition coefficient (Wildman–Crippen LogP) is 3.29. The molecule has 3 aliphatic rings. The maximum atomic E-state index is 15.6. The summed E-state index contributed by atoms with van der Waals surface area (Å²) in [5.74, 6) is -2.32. The molecule has 1 amide bonds. The van der Waals surface area contributed by atoms with Crippen LogP contribution in [0.1, 0.15) is 54.9 Å². The Morgan fingerprint density at radius 1 is 1.29 bits per heavy atom. The Labute approximate surface area is 224 Å². The van der Waals surface area contributed by atoms with Crippen LogP contribution in [0.15, 0.2) is 28.7 Å².